The topological polar surface area (TPSA) is 79.3 Å². The first kappa shape index (κ1) is 17.4. The molecule has 1 fully saturated rings. The number of urea groups is 1. The fraction of sp³-hybridized carbons (Fsp3) is 0.444. The smallest absolute Gasteiger partial charge is 0.328 e. The van der Waals surface area contributed by atoms with Crippen LogP contribution in [0, 0.1) is 0 Å². The quantitative estimate of drug-likeness (QED) is 0.893. The summed E-state index contributed by atoms with van der Waals surface area (Å²) in [6.45, 7) is 4.65. The molecule has 0 radical (unpaired) electrons. The van der Waals surface area contributed by atoms with E-state index in [4.69, 9.17) is 9.47 Å². The highest BCUT2D eigenvalue weighted by Crippen LogP contribution is 2.43. The number of hydrogen-bond donors (Lipinski definition) is 1. The van der Waals surface area contributed by atoms with E-state index < -0.39 is 23.8 Å². The molecule has 1 aromatic carbocycles. The minimum Gasteiger partial charge on any atom is -0.494 e. The second-order valence-corrected chi connectivity index (χ2v) is 5.93. The van der Waals surface area contributed by atoms with Crippen molar-refractivity contribution >= 4 is 17.5 Å². The van der Waals surface area contributed by atoms with E-state index in [2.05, 4.69) is 0 Å². The highest BCUT2D eigenvalue weighted by molar-refractivity contribution is 6.10. The first-order chi connectivity index (χ1) is 12.0. The molecule has 7 nitrogen and oxygen atoms in total. The van der Waals surface area contributed by atoms with Gasteiger partial charge in [0.2, 0.25) is 5.60 Å². The lowest BCUT2D eigenvalue weighted by Gasteiger charge is -2.47. The molecule has 0 aliphatic carbocycles. The number of aliphatic hydroxyl groups is 1. The van der Waals surface area contributed by atoms with Crippen LogP contribution in [0.5, 0.6) is 5.75 Å². The van der Waals surface area contributed by atoms with Gasteiger partial charge in [0.15, 0.2) is 6.23 Å². The van der Waals surface area contributed by atoms with E-state index in [9.17, 15) is 14.7 Å². The molecule has 2 atom stereocenters. The molecule has 1 spiro atoms. The number of imide groups is 1. The molecule has 1 saturated heterocycles. The minimum absolute atomic E-state index is 0.185. The highest BCUT2D eigenvalue weighted by atomic mass is 16.5. The van der Waals surface area contributed by atoms with Gasteiger partial charge in [0.1, 0.15) is 5.75 Å². The van der Waals surface area contributed by atoms with Crippen LogP contribution in [0.1, 0.15) is 19.4 Å². The van der Waals surface area contributed by atoms with Crippen molar-refractivity contribution in [2.24, 2.45) is 0 Å². The van der Waals surface area contributed by atoms with Crippen LogP contribution >= 0.6 is 0 Å². The number of aliphatic hydroxyl groups excluding tert-OH is 1. The van der Waals surface area contributed by atoms with Crippen LogP contribution < -0.4 is 4.74 Å². The second kappa shape index (κ2) is 6.50. The van der Waals surface area contributed by atoms with Gasteiger partial charge in [-0.05, 0) is 31.5 Å². The van der Waals surface area contributed by atoms with E-state index in [1.807, 2.05) is 19.1 Å². The standard InChI is InChI=1S/C18H22N2O5/c1-4-20-16(22)18(15(21)19(3)17(20)23)14(10-11-25-18)12-6-8-13(9-7-12)24-5-2/h6-10,16,22H,4-5,11H2,1-3H3. The van der Waals surface area contributed by atoms with Crippen LogP contribution in [0.2, 0.25) is 0 Å². The molecule has 2 unspecified atom stereocenters. The molecule has 2 aliphatic heterocycles. The monoisotopic (exact) mass is 346 g/mol. The Morgan fingerprint density at radius 3 is 2.56 bits per heavy atom. The van der Waals surface area contributed by atoms with Crippen molar-refractivity contribution in [1.82, 2.24) is 9.80 Å². The molecule has 25 heavy (non-hydrogen) atoms. The molecule has 1 aromatic rings. The number of likely N-dealkylation sites (N-methyl/N-ethyl adjacent to an activating group) is 2. The van der Waals surface area contributed by atoms with Crippen LogP contribution in [0.15, 0.2) is 30.3 Å². The lowest BCUT2D eigenvalue weighted by Crippen LogP contribution is -2.70. The number of carbonyl (C=O) groups excluding carboxylic acids is 2. The summed E-state index contributed by atoms with van der Waals surface area (Å²) < 4.78 is 11.2. The molecular formula is C18H22N2O5. The number of hydrogen-bond acceptors (Lipinski definition) is 5. The maximum absolute atomic E-state index is 12.9. The third kappa shape index (κ3) is 2.51. The highest BCUT2D eigenvalue weighted by Gasteiger charge is 2.60. The fourth-order valence-electron chi connectivity index (χ4n) is 3.38. The molecular weight excluding hydrogens is 324 g/mol. The van der Waals surface area contributed by atoms with Crippen molar-refractivity contribution < 1.29 is 24.2 Å². The van der Waals surface area contributed by atoms with Gasteiger partial charge in [0.25, 0.3) is 5.91 Å². The summed E-state index contributed by atoms with van der Waals surface area (Å²) in [6.07, 6.45) is 0.392. The Morgan fingerprint density at radius 1 is 1.28 bits per heavy atom. The molecule has 3 amide bonds. The van der Waals surface area contributed by atoms with Crippen LogP contribution in [-0.2, 0) is 9.53 Å². The van der Waals surface area contributed by atoms with Gasteiger partial charge in [-0.2, -0.15) is 0 Å². The summed E-state index contributed by atoms with van der Waals surface area (Å²) in [5.41, 5.74) is -0.302. The van der Waals surface area contributed by atoms with E-state index in [-0.39, 0.29) is 13.2 Å². The van der Waals surface area contributed by atoms with Gasteiger partial charge in [-0.15, -0.1) is 0 Å². The minimum atomic E-state index is -1.61. The molecule has 0 saturated carbocycles. The Balaban J connectivity index is 2.03. The number of carbonyl (C=O) groups is 2. The van der Waals surface area contributed by atoms with E-state index in [1.165, 1.54) is 11.9 Å². The zero-order chi connectivity index (χ0) is 18.2. The molecule has 0 bridgehead atoms. The lowest BCUT2D eigenvalue weighted by molar-refractivity contribution is -0.178. The Labute approximate surface area is 146 Å². The summed E-state index contributed by atoms with van der Waals surface area (Å²) >= 11 is 0. The largest absolute Gasteiger partial charge is 0.494 e. The van der Waals surface area contributed by atoms with Crippen molar-refractivity contribution in [3.8, 4) is 5.75 Å². The summed E-state index contributed by atoms with van der Waals surface area (Å²) in [4.78, 5) is 27.4. The summed E-state index contributed by atoms with van der Waals surface area (Å²) in [5, 5.41) is 10.8. The lowest BCUT2D eigenvalue weighted by atomic mass is 9.84. The number of amides is 3. The number of rotatable bonds is 4. The van der Waals surface area contributed by atoms with Gasteiger partial charge in [-0.25, -0.2) is 4.79 Å². The Bertz CT molecular complexity index is 715. The van der Waals surface area contributed by atoms with E-state index in [1.54, 1.807) is 25.1 Å². The maximum Gasteiger partial charge on any atom is 0.328 e. The number of ether oxygens (including phenoxy) is 2. The first-order valence-electron chi connectivity index (χ1n) is 8.32. The van der Waals surface area contributed by atoms with Gasteiger partial charge >= 0.3 is 6.03 Å². The van der Waals surface area contributed by atoms with Crippen LogP contribution in [0.3, 0.4) is 0 Å². The first-order valence-corrected chi connectivity index (χ1v) is 8.32. The zero-order valence-electron chi connectivity index (χ0n) is 14.6. The number of benzene rings is 1. The Hall–Kier alpha value is -2.38. The molecule has 2 aliphatic rings. The average molecular weight is 346 g/mol. The summed E-state index contributed by atoms with van der Waals surface area (Å²) in [6, 6.07) is 6.71. The molecule has 2 heterocycles. The van der Waals surface area contributed by atoms with E-state index >= 15 is 0 Å². The Kier molecular flexibility index (Phi) is 4.53. The van der Waals surface area contributed by atoms with Crippen molar-refractivity contribution in [3.05, 3.63) is 35.9 Å². The van der Waals surface area contributed by atoms with Crippen LogP contribution in [-0.4, -0.2) is 65.5 Å². The fourth-order valence-corrected chi connectivity index (χ4v) is 3.38. The maximum atomic E-state index is 12.9. The third-order valence-electron chi connectivity index (χ3n) is 4.63. The van der Waals surface area contributed by atoms with Crippen LogP contribution in [0.4, 0.5) is 4.79 Å². The van der Waals surface area contributed by atoms with Crippen molar-refractivity contribution in [2.45, 2.75) is 25.7 Å². The molecule has 0 aromatic heterocycles. The van der Waals surface area contributed by atoms with E-state index in [0.717, 1.165) is 16.2 Å². The second-order valence-electron chi connectivity index (χ2n) is 5.93. The van der Waals surface area contributed by atoms with E-state index in [0.29, 0.717) is 12.2 Å². The predicted octanol–water partition coefficient (Wildman–Crippen LogP) is 1.47. The van der Waals surface area contributed by atoms with Crippen molar-refractivity contribution in [3.63, 3.8) is 0 Å². The predicted molar refractivity (Wildman–Crippen MR) is 90.8 cm³/mol. The van der Waals surface area contributed by atoms with Crippen molar-refractivity contribution in [2.75, 3.05) is 26.8 Å². The molecule has 1 N–H and O–H groups in total. The van der Waals surface area contributed by atoms with Gasteiger partial charge in [-0.3, -0.25) is 14.6 Å². The zero-order valence-corrected chi connectivity index (χ0v) is 14.6. The van der Waals surface area contributed by atoms with Gasteiger partial charge in [0, 0.05) is 19.2 Å². The average Bonchev–Trinajstić information content (AvgIpc) is 3.06. The van der Waals surface area contributed by atoms with Gasteiger partial charge in [-0.1, -0.05) is 18.2 Å². The van der Waals surface area contributed by atoms with Crippen LogP contribution in [0.25, 0.3) is 5.57 Å². The SMILES string of the molecule is CCOc1ccc(C2=CCOC23C(=O)N(C)C(=O)N(CC)C3O)cc1. The van der Waals surface area contributed by atoms with Gasteiger partial charge < -0.3 is 14.6 Å². The molecule has 134 valence electrons. The third-order valence-corrected chi connectivity index (χ3v) is 4.63. The Morgan fingerprint density at radius 2 is 1.96 bits per heavy atom. The summed E-state index contributed by atoms with van der Waals surface area (Å²) in [5.74, 6) is 0.158. The molecule has 3 rings (SSSR count). The number of nitrogens with zero attached hydrogens (tertiary/aromatic N) is 2. The van der Waals surface area contributed by atoms with Crippen molar-refractivity contribution in [1.29, 1.82) is 0 Å². The van der Waals surface area contributed by atoms with Gasteiger partial charge in [0.05, 0.1) is 13.2 Å². The summed E-state index contributed by atoms with van der Waals surface area (Å²) in [7, 11) is 1.40. The molecule has 7 heteroatoms. The normalized spacial score (nSPS) is 26.4.